The number of piperidine rings is 1. The molecule has 0 radical (unpaired) electrons. The first-order valence-electron chi connectivity index (χ1n) is 10.9. The van der Waals surface area contributed by atoms with Crippen molar-refractivity contribution in [1.29, 1.82) is 0 Å². The van der Waals surface area contributed by atoms with Crippen LogP contribution in [-0.2, 0) is 11.3 Å². The minimum atomic E-state index is -0.0767. The van der Waals surface area contributed by atoms with E-state index in [1.807, 2.05) is 55.5 Å². The summed E-state index contributed by atoms with van der Waals surface area (Å²) >= 11 is 6.23. The molecule has 7 nitrogen and oxygen atoms in total. The number of para-hydroxylation sites is 1. The van der Waals surface area contributed by atoms with Crippen LogP contribution in [0.15, 0.2) is 59.1 Å². The Kier molecular flexibility index (Phi) is 7.39. The van der Waals surface area contributed by atoms with Gasteiger partial charge in [0.2, 0.25) is 17.6 Å². The van der Waals surface area contributed by atoms with Gasteiger partial charge in [0.05, 0.1) is 23.5 Å². The van der Waals surface area contributed by atoms with Gasteiger partial charge in [0.1, 0.15) is 12.4 Å². The molecule has 2 aromatic carbocycles. The number of aromatic nitrogens is 2. The molecule has 0 spiro atoms. The van der Waals surface area contributed by atoms with Crippen LogP contribution in [0.3, 0.4) is 0 Å². The minimum Gasteiger partial charge on any atom is -0.491 e. The first-order chi connectivity index (χ1) is 15.6. The molecule has 4 rings (SSSR count). The highest BCUT2D eigenvalue weighted by molar-refractivity contribution is 6.33. The van der Waals surface area contributed by atoms with Gasteiger partial charge in [-0.2, -0.15) is 4.98 Å². The number of likely N-dealkylation sites (tertiary alicyclic amines) is 1. The lowest BCUT2D eigenvalue weighted by molar-refractivity contribution is -0.127. The molecule has 1 aromatic heterocycles. The van der Waals surface area contributed by atoms with Crippen LogP contribution in [0.1, 0.15) is 25.7 Å². The van der Waals surface area contributed by atoms with Crippen molar-refractivity contribution in [1.82, 2.24) is 20.4 Å². The van der Waals surface area contributed by atoms with Crippen LogP contribution < -0.4 is 10.1 Å². The number of nitrogens with zero attached hydrogens (tertiary/aromatic N) is 3. The largest absolute Gasteiger partial charge is 0.491 e. The monoisotopic (exact) mass is 454 g/mol. The van der Waals surface area contributed by atoms with Gasteiger partial charge in [-0.1, -0.05) is 47.1 Å². The summed E-state index contributed by atoms with van der Waals surface area (Å²) in [4.78, 5) is 19.5. The molecule has 32 heavy (non-hydrogen) atoms. The maximum absolute atomic E-state index is 12.8. The van der Waals surface area contributed by atoms with E-state index in [-0.39, 0.29) is 17.9 Å². The molecule has 2 atom stereocenters. The fraction of sp³-hybridized carbons (Fsp3) is 0.375. The second-order valence-corrected chi connectivity index (χ2v) is 8.51. The van der Waals surface area contributed by atoms with E-state index in [0.29, 0.717) is 36.4 Å². The van der Waals surface area contributed by atoms with Crippen molar-refractivity contribution in [3.8, 4) is 17.1 Å². The lowest BCUT2D eigenvalue weighted by atomic mass is 9.97. The zero-order valence-corrected chi connectivity index (χ0v) is 18.8. The van der Waals surface area contributed by atoms with E-state index in [2.05, 4.69) is 20.4 Å². The number of amides is 1. The van der Waals surface area contributed by atoms with Gasteiger partial charge in [-0.15, -0.1) is 0 Å². The number of nitrogens with one attached hydrogen (secondary N) is 1. The Morgan fingerprint density at radius 2 is 2.03 bits per heavy atom. The average Bonchev–Trinajstić information content (AvgIpc) is 3.27. The van der Waals surface area contributed by atoms with Gasteiger partial charge in [0.25, 0.3) is 0 Å². The van der Waals surface area contributed by atoms with Crippen LogP contribution in [0.2, 0.25) is 5.02 Å². The van der Waals surface area contributed by atoms with Gasteiger partial charge in [0.15, 0.2) is 0 Å². The highest BCUT2D eigenvalue weighted by Crippen LogP contribution is 2.25. The van der Waals surface area contributed by atoms with E-state index in [1.165, 1.54) is 0 Å². The van der Waals surface area contributed by atoms with Gasteiger partial charge in [-0.05, 0) is 50.6 Å². The Balaban J connectivity index is 1.28. The fourth-order valence-electron chi connectivity index (χ4n) is 3.82. The number of rotatable bonds is 8. The van der Waals surface area contributed by atoms with Gasteiger partial charge < -0.3 is 14.6 Å². The summed E-state index contributed by atoms with van der Waals surface area (Å²) in [5.74, 6) is 1.78. The summed E-state index contributed by atoms with van der Waals surface area (Å²) in [5, 5.41) is 7.72. The zero-order chi connectivity index (χ0) is 22.3. The highest BCUT2D eigenvalue weighted by atomic mass is 35.5. The molecule has 0 aliphatic carbocycles. The smallest absolute Gasteiger partial charge is 0.241 e. The molecule has 1 aliphatic heterocycles. The molecule has 1 N–H and O–H groups in total. The number of carbonyl (C=O) groups is 1. The van der Waals surface area contributed by atoms with Crippen molar-refractivity contribution >= 4 is 17.5 Å². The number of halogens is 1. The van der Waals surface area contributed by atoms with Crippen molar-refractivity contribution in [3.05, 3.63) is 65.5 Å². The molecule has 0 bridgehead atoms. The lowest BCUT2D eigenvalue weighted by Crippen LogP contribution is -2.46. The highest BCUT2D eigenvalue weighted by Gasteiger charge is 2.27. The number of hydrogen-bond donors (Lipinski definition) is 1. The van der Waals surface area contributed by atoms with E-state index in [1.54, 1.807) is 6.07 Å². The van der Waals surface area contributed by atoms with Crippen molar-refractivity contribution in [2.75, 3.05) is 19.7 Å². The molecule has 2 heterocycles. The standard InChI is InChI=1S/C24H27ClN4O3/c1-17(16-31-19-9-3-2-4-10-19)26-24(30)18-8-7-13-29(14-18)15-22-27-23(28-32-22)20-11-5-6-12-21(20)25/h2-6,9-12,17-18H,7-8,13-16H2,1H3,(H,26,30). The molecule has 3 aromatic rings. The van der Waals surface area contributed by atoms with Gasteiger partial charge in [0, 0.05) is 12.1 Å². The molecule has 1 fully saturated rings. The molecular formula is C24H27ClN4O3. The molecule has 1 aliphatic rings. The minimum absolute atomic E-state index is 0.0566. The van der Waals surface area contributed by atoms with E-state index in [9.17, 15) is 4.79 Å². The van der Waals surface area contributed by atoms with E-state index in [0.717, 1.165) is 30.7 Å². The van der Waals surface area contributed by atoms with Crippen molar-refractivity contribution in [3.63, 3.8) is 0 Å². The summed E-state index contributed by atoms with van der Waals surface area (Å²) in [6.07, 6.45) is 1.81. The van der Waals surface area contributed by atoms with E-state index < -0.39 is 0 Å². The number of ether oxygens (including phenoxy) is 1. The van der Waals surface area contributed by atoms with Crippen LogP contribution in [0, 0.1) is 5.92 Å². The molecule has 1 amide bonds. The number of benzene rings is 2. The molecule has 0 saturated carbocycles. The molecule has 8 heteroatoms. The normalized spacial score (nSPS) is 17.6. The SMILES string of the molecule is CC(COc1ccccc1)NC(=O)C1CCCN(Cc2nc(-c3ccccc3Cl)no2)C1. The van der Waals surface area contributed by atoms with Gasteiger partial charge in [-0.3, -0.25) is 9.69 Å². The lowest BCUT2D eigenvalue weighted by Gasteiger charge is -2.31. The summed E-state index contributed by atoms with van der Waals surface area (Å²) in [7, 11) is 0. The molecule has 2 unspecified atom stereocenters. The van der Waals surface area contributed by atoms with Gasteiger partial charge in [-0.25, -0.2) is 0 Å². The number of carbonyl (C=O) groups excluding carboxylic acids is 1. The zero-order valence-electron chi connectivity index (χ0n) is 18.0. The predicted molar refractivity (Wildman–Crippen MR) is 122 cm³/mol. The van der Waals surface area contributed by atoms with Crippen LogP contribution in [0.5, 0.6) is 5.75 Å². The third kappa shape index (κ3) is 5.87. The molecule has 168 valence electrons. The maximum atomic E-state index is 12.8. The first-order valence-corrected chi connectivity index (χ1v) is 11.2. The third-order valence-electron chi connectivity index (χ3n) is 5.45. The third-order valence-corrected chi connectivity index (χ3v) is 5.78. The van der Waals surface area contributed by atoms with Crippen LogP contribution in [0.4, 0.5) is 0 Å². The van der Waals surface area contributed by atoms with Crippen LogP contribution in [-0.4, -0.2) is 46.7 Å². The second-order valence-electron chi connectivity index (χ2n) is 8.10. The Bertz CT molecular complexity index is 1030. The number of hydrogen-bond acceptors (Lipinski definition) is 6. The Morgan fingerprint density at radius 3 is 2.84 bits per heavy atom. The summed E-state index contributed by atoms with van der Waals surface area (Å²) < 4.78 is 11.2. The second kappa shape index (κ2) is 10.6. The maximum Gasteiger partial charge on any atom is 0.241 e. The average molecular weight is 455 g/mol. The Labute approximate surface area is 192 Å². The quantitative estimate of drug-likeness (QED) is 0.549. The summed E-state index contributed by atoms with van der Waals surface area (Å²) in [5.41, 5.74) is 0.742. The topological polar surface area (TPSA) is 80.5 Å². The van der Waals surface area contributed by atoms with Crippen LogP contribution in [0.25, 0.3) is 11.4 Å². The van der Waals surface area contributed by atoms with Crippen molar-refractivity contribution in [2.45, 2.75) is 32.4 Å². The van der Waals surface area contributed by atoms with E-state index in [4.69, 9.17) is 20.9 Å². The predicted octanol–water partition coefficient (Wildman–Crippen LogP) is 4.19. The fourth-order valence-corrected chi connectivity index (χ4v) is 4.04. The Hall–Kier alpha value is -2.90. The molecular weight excluding hydrogens is 428 g/mol. The summed E-state index contributed by atoms with van der Waals surface area (Å²) in [6, 6.07) is 16.9. The van der Waals surface area contributed by atoms with Crippen molar-refractivity contribution < 1.29 is 14.1 Å². The Morgan fingerprint density at radius 1 is 1.25 bits per heavy atom. The molecule has 1 saturated heterocycles. The summed E-state index contributed by atoms with van der Waals surface area (Å²) in [6.45, 7) is 4.44. The van der Waals surface area contributed by atoms with Gasteiger partial charge >= 0.3 is 0 Å². The van der Waals surface area contributed by atoms with E-state index >= 15 is 0 Å². The van der Waals surface area contributed by atoms with Crippen molar-refractivity contribution in [2.24, 2.45) is 5.92 Å². The first kappa shape index (κ1) is 22.3. The van der Waals surface area contributed by atoms with Crippen LogP contribution >= 0.6 is 11.6 Å².